The molecule has 0 spiro atoms. The fourth-order valence-corrected chi connectivity index (χ4v) is 6.30. The van der Waals surface area contributed by atoms with E-state index in [0.717, 1.165) is 33.0 Å². The number of carbonyl (C=O) groups is 4. The molecule has 12 heteroatoms. The minimum atomic E-state index is -0.629. The topological polar surface area (TPSA) is 111 Å². The van der Waals surface area contributed by atoms with Crippen LogP contribution in [0.25, 0.3) is 16.8 Å². The van der Waals surface area contributed by atoms with Crippen molar-refractivity contribution in [3.63, 3.8) is 0 Å². The third-order valence-corrected chi connectivity index (χ3v) is 8.71. The molecular formula is C34H28BrClN2O7S. The standard InChI is InChI=1S/C34H28BrClN2O7S/c1-3-13-44-33(41)25-17-23(11-12-27(25)36)37-30(39)18-38-32(40)29(46-34(38)42)16-20-14-26(35)31(28(15-20)43-2)45-19-22-9-6-8-21-7-4-5-10-24(21)22/h4-12,14-17H,3,13,18-19H2,1-2H3,(H,37,39)/b29-16+. The molecule has 1 N–H and O–H groups in total. The largest absolute Gasteiger partial charge is 0.493 e. The Kier molecular flexibility index (Phi) is 10.7. The Morgan fingerprint density at radius 2 is 1.83 bits per heavy atom. The number of thioether (sulfide) groups is 1. The molecule has 1 fully saturated rings. The van der Waals surface area contributed by atoms with Gasteiger partial charge in [-0.25, -0.2) is 4.79 Å². The number of halogens is 2. The van der Waals surface area contributed by atoms with Crippen LogP contribution in [0, 0.1) is 0 Å². The molecule has 3 amide bonds. The summed E-state index contributed by atoms with van der Waals surface area (Å²) in [5.41, 5.74) is 1.95. The average molecular weight is 724 g/mol. The van der Waals surface area contributed by atoms with Gasteiger partial charge >= 0.3 is 5.97 Å². The van der Waals surface area contributed by atoms with Gasteiger partial charge in [0.15, 0.2) is 11.5 Å². The Morgan fingerprint density at radius 3 is 2.61 bits per heavy atom. The summed E-state index contributed by atoms with van der Waals surface area (Å²) in [6.45, 7) is 1.87. The molecule has 236 valence electrons. The minimum absolute atomic E-state index is 0.0913. The van der Waals surface area contributed by atoms with Crippen molar-refractivity contribution in [3.8, 4) is 11.5 Å². The van der Waals surface area contributed by atoms with Gasteiger partial charge in [-0.2, -0.15) is 0 Å². The molecule has 0 atom stereocenters. The Balaban J connectivity index is 1.27. The molecule has 4 aromatic rings. The summed E-state index contributed by atoms with van der Waals surface area (Å²) >= 11 is 10.4. The number of nitrogens with one attached hydrogen (secondary N) is 1. The van der Waals surface area contributed by atoms with Crippen molar-refractivity contribution in [1.82, 2.24) is 4.90 Å². The van der Waals surface area contributed by atoms with Gasteiger partial charge in [0.05, 0.1) is 33.7 Å². The second kappa shape index (κ2) is 14.8. The fraction of sp³-hybridized carbons (Fsp3) is 0.176. The molecule has 0 aromatic heterocycles. The molecule has 9 nitrogen and oxygen atoms in total. The Labute approximate surface area is 283 Å². The number of hydrogen-bond donors (Lipinski definition) is 1. The summed E-state index contributed by atoms with van der Waals surface area (Å²) in [5.74, 6) is -0.944. The quantitative estimate of drug-likeness (QED) is 0.122. The van der Waals surface area contributed by atoms with Crippen LogP contribution in [0.4, 0.5) is 10.5 Å². The van der Waals surface area contributed by atoms with E-state index in [4.69, 9.17) is 25.8 Å². The molecule has 0 bridgehead atoms. The summed E-state index contributed by atoms with van der Waals surface area (Å²) in [4.78, 5) is 52.0. The van der Waals surface area contributed by atoms with Gasteiger partial charge < -0.3 is 19.5 Å². The maximum Gasteiger partial charge on any atom is 0.339 e. The Bertz CT molecular complexity index is 1870. The van der Waals surface area contributed by atoms with Crippen molar-refractivity contribution in [2.45, 2.75) is 20.0 Å². The van der Waals surface area contributed by atoms with Crippen molar-refractivity contribution in [3.05, 3.63) is 104 Å². The van der Waals surface area contributed by atoms with E-state index >= 15 is 0 Å². The predicted molar refractivity (Wildman–Crippen MR) is 182 cm³/mol. The molecule has 1 aliphatic heterocycles. The van der Waals surface area contributed by atoms with Gasteiger partial charge in [-0.1, -0.05) is 61.0 Å². The van der Waals surface area contributed by atoms with Crippen LogP contribution in [0.1, 0.15) is 34.8 Å². The third kappa shape index (κ3) is 7.55. The van der Waals surface area contributed by atoms with E-state index in [2.05, 4.69) is 21.2 Å². The van der Waals surface area contributed by atoms with Crippen LogP contribution in [0.15, 0.2) is 82.2 Å². The third-order valence-electron chi connectivity index (χ3n) is 6.88. The van der Waals surface area contributed by atoms with Gasteiger partial charge in [-0.15, -0.1) is 0 Å². The zero-order valence-corrected chi connectivity index (χ0v) is 28.0. The number of benzene rings is 4. The van der Waals surface area contributed by atoms with Crippen LogP contribution in [0.2, 0.25) is 5.02 Å². The summed E-state index contributed by atoms with van der Waals surface area (Å²) in [6, 6.07) is 21.9. The van der Waals surface area contributed by atoms with E-state index in [1.165, 1.54) is 25.3 Å². The first-order chi connectivity index (χ1) is 22.2. The van der Waals surface area contributed by atoms with Crippen molar-refractivity contribution in [1.29, 1.82) is 0 Å². The number of ether oxygens (including phenoxy) is 3. The lowest BCUT2D eigenvalue weighted by atomic mass is 10.1. The van der Waals surface area contributed by atoms with Crippen LogP contribution < -0.4 is 14.8 Å². The van der Waals surface area contributed by atoms with Crippen molar-refractivity contribution in [2.24, 2.45) is 0 Å². The maximum atomic E-state index is 13.2. The number of fused-ring (bicyclic) bond motifs is 1. The highest BCUT2D eigenvalue weighted by atomic mass is 79.9. The Morgan fingerprint density at radius 1 is 1.04 bits per heavy atom. The monoisotopic (exact) mass is 722 g/mol. The number of carbonyl (C=O) groups excluding carboxylic acids is 4. The van der Waals surface area contributed by atoms with E-state index < -0.39 is 29.6 Å². The highest BCUT2D eigenvalue weighted by Crippen LogP contribution is 2.40. The van der Waals surface area contributed by atoms with Crippen LogP contribution in [-0.2, 0) is 20.9 Å². The molecule has 0 aliphatic carbocycles. The molecule has 0 radical (unpaired) electrons. The molecule has 0 unspecified atom stereocenters. The summed E-state index contributed by atoms with van der Waals surface area (Å²) in [7, 11) is 1.51. The minimum Gasteiger partial charge on any atom is -0.493 e. The molecular weight excluding hydrogens is 696 g/mol. The van der Waals surface area contributed by atoms with E-state index in [0.29, 0.717) is 34.6 Å². The second-order valence-corrected chi connectivity index (χ2v) is 12.4. The van der Waals surface area contributed by atoms with Gasteiger partial charge in [0.1, 0.15) is 13.2 Å². The smallest absolute Gasteiger partial charge is 0.339 e. The second-order valence-electron chi connectivity index (χ2n) is 10.1. The summed E-state index contributed by atoms with van der Waals surface area (Å²) in [6.07, 6.45) is 2.20. The SMILES string of the molecule is CCCOC(=O)c1cc(NC(=O)CN2C(=O)S/C(=C/c3cc(Br)c(OCc4cccc5ccccc45)c(OC)c3)C2=O)ccc1Cl. The number of amides is 3. The lowest BCUT2D eigenvalue weighted by molar-refractivity contribution is -0.127. The van der Waals surface area contributed by atoms with E-state index in [1.807, 2.05) is 49.4 Å². The zero-order chi connectivity index (χ0) is 32.8. The van der Waals surface area contributed by atoms with Crippen molar-refractivity contribution in [2.75, 3.05) is 25.6 Å². The van der Waals surface area contributed by atoms with Gasteiger partial charge in [0.2, 0.25) is 5.91 Å². The highest BCUT2D eigenvalue weighted by molar-refractivity contribution is 9.10. The number of imide groups is 1. The van der Waals surface area contributed by atoms with E-state index in [1.54, 1.807) is 18.2 Å². The molecule has 4 aromatic carbocycles. The molecule has 1 heterocycles. The van der Waals surface area contributed by atoms with Crippen molar-refractivity contribution < 1.29 is 33.4 Å². The first-order valence-electron chi connectivity index (χ1n) is 14.2. The van der Waals surface area contributed by atoms with Crippen LogP contribution in [-0.4, -0.2) is 48.2 Å². The zero-order valence-electron chi connectivity index (χ0n) is 24.8. The number of nitrogens with zero attached hydrogens (tertiary/aromatic N) is 1. The predicted octanol–water partition coefficient (Wildman–Crippen LogP) is 8.09. The van der Waals surface area contributed by atoms with Gasteiger partial charge in [-0.05, 0) is 92.4 Å². The van der Waals surface area contributed by atoms with Crippen molar-refractivity contribution >= 4 is 84.9 Å². The first kappa shape index (κ1) is 33.1. The molecule has 46 heavy (non-hydrogen) atoms. The van der Waals surface area contributed by atoms with Crippen LogP contribution >= 0.6 is 39.3 Å². The number of rotatable bonds is 11. The molecule has 5 rings (SSSR count). The maximum absolute atomic E-state index is 13.2. The Hall–Kier alpha value is -4.32. The number of esters is 1. The first-order valence-corrected chi connectivity index (χ1v) is 16.2. The van der Waals surface area contributed by atoms with E-state index in [9.17, 15) is 19.2 Å². The molecule has 1 aliphatic rings. The normalized spacial score (nSPS) is 13.7. The summed E-state index contributed by atoms with van der Waals surface area (Å²) in [5, 5.41) is 4.38. The lowest BCUT2D eigenvalue weighted by Crippen LogP contribution is -2.36. The molecule has 0 saturated carbocycles. The average Bonchev–Trinajstić information content (AvgIpc) is 3.30. The van der Waals surface area contributed by atoms with E-state index in [-0.39, 0.29) is 27.8 Å². The highest BCUT2D eigenvalue weighted by Gasteiger charge is 2.36. The summed E-state index contributed by atoms with van der Waals surface area (Å²) < 4.78 is 17.5. The number of hydrogen-bond acceptors (Lipinski definition) is 8. The van der Waals surface area contributed by atoms with Gasteiger partial charge in [0, 0.05) is 5.69 Å². The van der Waals surface area contributed by atoms with Gasteiger partial charge in [-0.3, -0.25) is 19.3 Å². The molecule has 1 saturated heterocycles. The number of anilines is 1. The fourth-order valence-electron chi connectivity index (χ4n) is 4.70. The number of methoxy groups -OCH3 is 1. The lowest BCUT2D eigenvalue weighted by Gasteiger charge is -2.15. The van der Waals surface area contributed by atoms with Crippen LogP contribution in [0.3, 0.4) is 0 Å². The van der Waals surface area contributed by atoms with Crippen LogP contribution in [0.5, 0.6) is 11.5 Å². The van der Waals surface area contributed by atoms with Gasteiger partial charge in [0.25, 0.3) is 11.1 Å².